The van der Waals surface area contributed by atoms with E-state index >= 15 is 0 Å². The molecule has 0 unspecified atom stereocenters. The molecule has 1 nitrogen and oxygen atoms in total. The molecule has 0 aromatic heterocycles. The van der Waals surface area contributed by atoms with Gasteiger partial charge in [0.1, 0.15) is 0 Å². The second-order valence-corrected chi connectivity index (χ2v) is 17.3. The monoisotopic (exact) mass is 937 g/mol. The van der Waals surface area contributed by atoms with Gasteiger partial charge in [-0.05, 0) is 97.9 Å². The Morgan fingerprint density at radius 1 is 0.516 bits per heavy atom. The van der Waals surface area contributed by atoms with Gasteiger partial charge in [-0.3, -0.25) is 0 Å². The third-order valence-electron chi connectivity index (χ3n) is 12.1. The molecule has 62 heavy (non-hydrogen) atoms. The van der Waals surface area contributed by atoms with Gasteiger partial charge in [-0.25, -0.2) is 0 Å². The Labute approximate surface area is 401 Å². The maximum Gasteiger partial charge on any atom is 0.0528 e. The molecule has 3 rings (SSSR count). The summed E-state index contributed by atoms with van der Waals surface area (Å²) in [6.45, 7) is 26.8. The molecule has 0 N–H and O–H groups in total. The van der Waals surface area contributed by atoms with Crippen molar-refractivity contribution in [3.63, 3.8) is 0 Å². The predicted molar refractivity (Wildman–Crippen MR) is 278 cm³/mol. The van der Waals surface area contributed by atoms with E-state index in [9.17, 15) is 0 Å². The van der Waals surface area contributed by atoms with E-state index in [4.69, 9.17) is 4.99 Å². The van der Waals surface area contributed by atoms with Crippen molar-refractivity contribution >= 4 is 11.4 Å². The zero-order chi connectivity index (χ0) is 44.9. The molecule has 3 aromatic rings. The smallest absolute Gasteiger partial charge is 0.0528 e. The number of aliphatic imine (C=N–C) groups is 1. The summed E-state index contributed by atoms with van der Waals surface area (Å²) >= 11 is 0. The molecule has 3 aromatic carbocycles. The van der Waals surface area contributed by atoms with E-state index in [1.165, 1.54) is 181 Å². The Bertz CT molecular complexity index is 1560. The van der Waals surface area contributed by atoms with Gasteiger partial charge in [-0.15, -0.1) is 29.3 Å². The van der Waals surface area contributed by atoms with E-state index in [2.05, 4.69) is 130 Å². The number of aryl methyl sites for hydroxylation is 3. The van der Waals surface area contributed by atoms with Crippen LogP contribution >= 0.6 is 0 Å². The molecule has 0 fully saturated rings. The van der Waals surface area contributed by atoms with Crippen molar-refractivity contribution in [2.24, 2.45) is 4.99 Å². The fraction of sp³-hybridized carbons (Fsp3) is 0.617. The van der Waals surface area contributed by atoms with E-state index in [1.54, 1.807) is 23.6 Å². The van der Waals surface area contributed by atoms with Crippen LogP contribution in [0.25, 0.3) is 11.1 Å². The minimum absolute atomic E-state index is 0. The Hall–Kier alpha value is -2.27. The quantitative estimate of drug-likeness (QED) is 0.0264. The molecule has 0 amide bonds. The molecule has 0 saturated heterocycles. The van der Waals surface area contributed by atoms with Crippen molar-refractivity contribution < 1.29 is 20.4 Å². The number of benzene rings is 3. The van der Waals surface area contributed by atoms with Crippen LogP contribution in [0.4, 0.5) is 5.69 Å². The van der Waals surface area contributed by atoms with Gasteiger partial charge >= 0.3 is 0 Å². The van der Waals surface area contributed by atoms with Crippen LogP contribution in [0.5, 0.6) is 0 Å². The van der Waals surface area contributed by atoms with Crippen LogP contribution in [-0.4, -0.2) is 5.71 Å². The molecule has 0 heterocycles. The topological polar surface area (TPSA) is 12.4 Å². The zero-order valence-electron chi connectivity index (χ0n) is 42.2. The van der Waals surface area contributed by atoms with Gasteiger partial charge in [-0.2, -0.15) is 13.3 Å². The van der Waals surface area contributed by atoms with Crippen molar-refractivity contribution in [1.82, 2.24) is 0 Å². The first kappa shape index (κ1) is 59.7. The second-order valence-electron chi connectivity index (χ2n) is 17.3. The molecule has 0 aliphatic rings. The molecular weight excluding hydrogens is 841 g/mol. The Morgan fingerprint density at radius 2 is 0.952 bits per heavy atom. The number of unbranched alkanes of at least 4 members (excludes halogenated alkanes) is 17. The molecule has 0 atom stereocenters. The van der Waals surface area contributed by atoms with E-state index < -0.39 is 0 Å². The second kappa shape index (κ2) is 40.3. The average Bonchev–Trinajstić information content (AvgIpc) is 3.29. The zero-order valence-corrected chi connectivity index (χ0v) is 43.7. The third-order valence-corrected chi connectivity index (χ3v) is 12.1. The molecule has 0 spiro atoms. The molecule has 354 valence electrons. The fourth-order valence-corrected chi connectivity index (χ4v) is 8.42. The summed E-state index contributed by atoms with van der Waals surface area (Å²) in [6.07, 6.45) is 39.4. The van der Waals surface area contributed by atoms with Crippen LogP contribution in [0.15, 0.2) is 65.2 Å². The van der Waals surface area contributed by atoms with Crippen molar-refractivity contribution in [1.29, 1.82) is 0 Å². The van der Waals surface area contributed by atoms with Gasteiger partial charge < -0.3 is 18.8 Å². The van der Waals surface area contributed by atoms with Crippen LogP contribution in [-0.2, 0) is 52.5 Å². The number of nitrogens with zero attached hydrogens (tertiary/aromatic N) is 1. The predicted octanol–water partition coefficient (Wildman–Crippen LogP) is 19.7. The third kappa shape index (κ3) is 24.7. The van der Waals surface area contributed by atoms with Crippen molar-refractivity contribution in [2.45, 2.75) is 242 Å². The minimum atomic E-state index is 0. The normalized spacial score (nSPS) is 11.4. The van der Waals surface area contributed by atoms with Crippen molar-refractivity contribution in [2.75, 3.05) is 0 Å². The Balaban J connectivity index is 0.00000501. The summed E-state index contributed by atoms with van der Waals surface area (Å²) in [5.41, 5.74) is 15.2. The summed E-state index contributed by atoms with van der Waals surface area (Å²) in [5.74, 6) is 0. The summed E-state index contributed by atoms with van der Waals surface area (Å²) in [5, 5.41) is 0. The summed E-state index contributed by atoms with van der Waals surface area (Å²) < 4.78 is 0. The van der Waals surface area contributed by atoms with E-state index in [0.29, 0.717) is 0 Å². The first-order chi connectivity index (χ1) is 29.9. The van der Waals surface area contributed by atoms with Gasteiger partial charge in [0.2, 0.25) is 0 Å². The van der Waals surface area contributed by atoms with Crippen LogP contribution < -0.4 is 0 Å². The number of allylic oxidation sites excluding steroid dienone is 1. The maximum atomic E-state index is 5.44. The maximum absolute atomic E-state index is 5.44. The van der Waals surface area contributed by atoms with Crippen LogP contribution in [0.2, 0.25) is 0 Å². The minimum Gasteiger partial charge on any atom is -0.346 e. The molecule has 0 aliphatic carbocycles. The standard InChI is InChI=1S/C54H82N.C4H9.C2H5.Pd/c1-8-14-18-22-24-27-35-49-41-45(40-47(13-6)52(49)37-31-20-16-10-3)39-46(12-5)44(7)55-51-42-50(36-28-25-23-19-15-9-2)53(38-32-21-17-11-4)54(43-51)48-33-29-26-30-34-48;1-3-4-2;1-2;/h26,29-30,33-34,40-43H,8-25,27-28,31-32,35-38H2,1-7H3;1,3-4H2,2H3;1H2,2H3;/q3*-1;. The molecule has 0 radical (unpaired) electrons. The Kier molecular flexibility index (Phi) is 38.8. The SMILES string of the molecule is CCCCCCCCc1cc([C-]=C(CC)C(C)=Nc2cc(CCCCCCCC)c(CCCCCC)c(-c3ccccc3)c2)cc(CC)c1CCCCCC.[CH2-]C.[CH2-]CCC.[Pd]. The fourth-order valence-electron chi connectivity index (χ4n) is 8.42. The molecular formula is C60H96NPd-3. The van der Waals surface area contributed by atoms with Gasteiger partial charge in [0.15, 0.2) is 0 Å². The summed E-state index contributed by atoms with van der Waals surface area (Å²) in [6, 6.07) is 20.9. The van der Waals surface area contributed by atoms with Crippen molar-refractivity contribution in [3.8, 4) is 11.1 Å². The van der Waals surface area contributed by atoms with E-state index in [-0.39, 0.29) is 20.4 Å². The largest absolute Gasteiger partial charge is 0.346 e. The first-order valence-electron chi connectivity index (χ1n) is 25.9. The molecule has 0 aliphatic heterocycles. The molecule has 0 saturated carbocycles. The van der Waals surface area contributed by atoms with Crippen LogP contribution in [0.3, 0.4) is 0 Å². The van der Waals surface area contributed by atoms with Crippen LogP contribution in [0.1, 0.15) is 243 Å². The van der Waals surface area contributed by atoms with Gasteiger partial charge in [0, 0.05) is 20.4 Å². The summed E-state index contributed by atoms with van der Waals surface area (Å²) in [7, 11) is 0. The number of rotatable bonds is 31. The number of hydrogen-bond acceptors (Lipinski definition) is 1. The van der Waals surface area contributed by atoms with Crippen molar-refractivity contribution in [3.05, 3.63) is 113 Å². The first-order valence-corrected chi connectivity index (χ1v) is 25.9. The van der Waals surface area contributed by atoms with E-state index in [0.717, 1.165) is 43.5 Å². The Morgan fingerprint density at radius 3 is 1.44 bits per heavy atom. The van der Waals surface area contributed by atoms with Crippen LogP contribution in [0, 0.1) is 19.9 Å². The number of hydrogen-bond donors (Lipinski definition) is 0. The van der Waals surface area contributed by atoms with Gasteiger partial charge in [0.05, 0.1) is 5.69 Å². The van der Waals surface area contributed by atoms with E-state index in [1.807, 2.05) is 0 Å². The summed E-state index contributed by atoms with van der Waals surface area (Å²) in [4.78, 5) is 5.44. The van der Waals surface area contributed by atoms with Gasteiger partial charge in [0.25, 0.3) is 0 Å². The average molecular weight is 938 g/mol. The molecule has 0 bridgehead atoms. The molecule has 2 heteroatoms. The van der Waals surface area contributed by atoms with Gasteiger partial charge in [-0.1, -0.05) is 218 Å².